The van der Waals surface area contributed by atoms with Gasteiger partial charge in [0.25, 0.3) is 0 Å². The first-order valence-corrected chi connectivity index (χ1v) is 10.1. The van der Waals surface area contributed by atoms with E-state index in [0.717, 1.165) is 11.1 Å². The van der Waals surface area contributed by atoms with Crippen LogP contribution in [0.4, 0.5) is 10.1 Å². The zero-order chi connectivity index (χ0) is 22.2. The van der Waals surface area contributed by atoms with Crippen molar-refractivity contribution < 1.29 is 14.0 Å². The van der Waals surface area contributed by atoms with Crippen LogP contribution in [0, 0.1) is 19.7 Å². The summed E-state index contributed by atoms with van der Waals surface area (Å²) >= 11 is 0. The molecule has 1 atom stereocenters. The number of hydrogen-bond acceptors (Lipinski definition) is 3. The Morgan fingerprint density at radius 3 is 2.19 bits per heavy atom. The minimum absolute atomic E-state index is 0.0519. The van der Waals surface area contributed by atoms with Crippen LogP contribution in [0.5, 0.6) is 0 Å². The maximum absolute atomic E-state index is 12.9. The molecule has 0 bridgehead atoms. The first kappa shape index (κ1) is 22.2. The van der Waals surface area contributed by atoms with Crippen molar-refractivity contribution in [1.82, 2.24) is 10.6 Å². The zero-order valence-electron chi connectivity index (χ0n) is 17.6. The van der Waals surface area contributed by atoms with Crippen molar-refractivity contribution >= 4 is 17.5 Å². The third-order valence-electron chi connectivity index (χ3n) is 5.04. The Labute approximate surface area is 181 Å². The molecule has 0 aliphatic carbocycles. The Balaban J connectivity index is 1.58. The fourth-order valence-electron chi connectivity index (χ4n) is 3.19. The molecule has 3 N–H and O–H groups in total. The van der Waals surface area contributed by atoms with Crippen LogP contribution in [0.15, 0.2) is 72.8 Å². The van der Waals surface area contributed by atoms with Crippen LogP contribution in [0.25, 0.3) is 0 Å². The molecule has 0 unspecified atom stereocenters. The van der Waals surface area contributed by atoms with Gasteiger partial charge in [0.15, 0.2) is 0 Å². The second-order valence-electron chi connectivity index (χ2n) is 7.40. The summed E-state index contributed by atoms with van der Waals surface area (Å²) in [5, 5.41) is 8.51. The molecular weight excluding hydrogens is 393 g/mol. The van der Waals surface area contributed by atoms with Crippen molar-refractivity contribution in [3.05, 3.63) is 101 Å². The maximum Gasteiger partial charge on any atom is 0.243 e. The standard InChI is InChI=1S/C25H26FN3O2/c1-17-8-9-20(14-18(17)2)25(19-6-4-3-5-7-19)28-15-23(30)27-16-24(31)29-22-12-10-21(26)11-13-22/h3-14,25,28H,15-16H2,1-2H3,(H,27,30)(H,29,31)/t25-/m1/s1. The number of aryl methyl sites for hydroxylation is 2. The first-order chi connectivity index (χ1) is 14.9. The topological polar surface area (TPSA) is 70.2 Å². The number of carbonyl (C=O) groups is 2. The average Bonchev–Trinajstić information content (AvgIpc) is 2.77. The highest BCUT2D eigenvalue weighted by atomic mass is 19.1. The van der Waals surface area contributed by atoms with E-state index < -0.39 is 0 Å². The van der Waals surface area contributed by atoms with Crippen molar-refractivity contribution in [3.8, 4) is 0 Å². The summed E-state index contributed by atoms with van der Waals surface area (Å²) in [5.74, 6) is -1.05. The van der Waals surface area contributed by atoms with Crippen LogP contribution >= 0.6 is 0 Å². The number of carbonyl (C=O) groups excluding carboxylic acids is 2. The van der Waals surface area contributed by atoms with Crippen LogP contribution in [0.1, 0.15) is 28.3 Å². The Hall–Kier alpha value is -3.51. The van der Waals surface area contributed by atoms with Gasteiger partial charge in [-0.15, -0.1) is 0 Å². The van der Waals surface area contributed by atoms with Crippen molar-refractivity contribution in [2.24, 2.45) is 0 Å². The van der Waals surface area contributed by atoms with Crippen LogP contribution in [0.2, 0.25) is 0 Å². The van der Waals surface area contributed by atoms with E-state index in [2.05, 4.69) is 48.0 Å². The number of rotatable bonds is 8. The van der Waals surface area contributed by atoms with Crippen molar-refractivity contribution in [2.75, 3.05) is 18.4 Å². The van der Waals surface area contributed by atoms with Crippen molar-refractivity contribution in [1.29, 1.82) is 0 Å². The minimum atomic E-state index is -0.381. The highest BCUT2D eigenvalue weighted by molar-refractivity contribution is 5.94. The van der Waals surface area contributed by atoms with Gasteiger partial charge >= 0.3 is 0 Å². The third kappa shape index (κ3) is 6.49. The lowest BCUT2D eigenvalue weighted by Gasteiger charge is -2.20. The lowest BCUT2D eigenvalue weighted by molar-refractivity contribution is -0.123. The number of hydrogen-bond donors (Lipinski definition) is 3. The van der Waals surface area contributed by atoms with Gasteiger partial charge in [0.2, 0.25) is 11.8 Å². The van der Waals surface area contributed by atoms with Gasteiger partial charge in [0.1, 0.15) is 5.82 Å². The second-order valence-corrected chi connectivity index (χ2v) is 7.40. The molecule has 0 radical (unpaired) electrons. The molecule has 160 valence electrons. The predicted octanol–water partition coefficient (Wildman–Crippen LogP) is 3.88. The van der Waals surface area contributed by atoms with Gasteiger partial charge in [-0.05, 0) is 60.4 Å². The summed E-state index contributed by atoms with van der Waals surface area (Å²) in [4.78, 5) is 24.3. The summed E-state index contributed by atoms with van der Waals surface area (Å²) in [6.07, 6.45) is 0. The van der Waals surface area contributed by atoms with Gasteiger partial charge in [0, 0.05) is 5.69 Å². The molecule has 0 fully saturated rings. The molecule has 0 heterocycles. The first-order valence-electron chi connectivity index (χ1n) is 10.1. The quantitative estimate of drug-likeness (QED) is 0.519. The zero-order valence-corrected chi connectivity index (χ0v) is 17.6. The van der Waals surface area contributed by atoms with Gasteiger partial charge < -0.3 is 10.6 Å². The summed E-state index contributed by atoms with van der Waals surface area (Å²) in [6.45, 7) is 4.01. The Kier molecular flexibility index (Phi) is 7.51. The normalized spacial score (nSPS) is 11.6. The van der Waals surface area contributed by atoms with Gasteiger partial charge in [0.05, 0.1) is 19.1 Å². The van der Waals surface area contributed by atoms with E-state index in [-0.39, 0.29) is 36.8 Å². The third-order valence-corrected chi connectivity index (χ3v) is 5.04. The van der Waals surface area contributed by atoms with E-state index in [9.17, 15) is 14.0 Å². The number of nitrogens with one attached hydrogen (secondary N) is 3. The SMILES string of the molecule is Cc1ccc([C@H](NCC(=O)NCC(=O)Nc2ccc(F)cc2)c2ccccc2)cc1C. The van der Waals surface area contributed by atoms with E-state index in [0.29, 0.717) is 5.69 Å². The molecule has 3 aromatic carbocycles. The molecule has 6 heteroatoms. The monoisotopic (exact) mass is 419 g/mol. The molecule has 0 saturated heterocycles. The Bertz CT molecular complexity index is 1040. The predicted molar refractivity (Wildman–Crippen MR) is 120 cm³/mol. The lowest BCUT2D eigenvalue weighted by Crippen LogP contribution is -2.39. The Morgan fingerprint density at radius 1 is 0.806 bits per heavy atom. The molecule has 5 nitrogen and oxygen atoms in total. The molecule has 31 heavy (non-hydrogen) atoms. The molecule has 0 saturated carbocycles. The lowest BCUT2D eigenvalue weighted by atomic mass is 9.95. The number of anilines is 1. The highest BCUT2D eigenvalue weighted by Gasteiger charge is 2.16. The van der Waals surface area contributed by atoms with E-state index >= 15 is 0 Å². The maximum atomic E-state index is 12.9. The van der Waals surface area contributed by atoms with Crippen LogP contribution < -0.4 is 16.0 Å². The molecule has 0 spiro atoms. The molecule has 0 aliphatic rings. The summed E-state index contributed by atoms with van der Waals surface area (Å²) in [7, 11) is 0. The van der Waals surface area contributed by atoms with Crippen molar-refractivity contribution in [3.63, 3.8) is 0 Å². The van der Waals surface area contributed by atoms with Crippen LogP contribution in [0.3, 0.4) is 0 Å². The van der Waals surface area contributed by atoms with Gasteiger partial charge in [-0.3, -0.25) is 14.9 Å². The highest BCUT2D eigenvalue weighted by Crippen LogP contribution is 2.23. The fourth-order valence-corrected chi connectivity index (χ4v) is 3.19. The van der Waals surface area contributed by atoms with Gasteiger partial charge in [-0.1, -0.05) is 48.5 Å². The Morgan fingerprint density at radius 2 is 1.52 bits per heavy atom. The largest absolute Gasteiger partial charge is 0.346 e. The molecule has 0 aliphatic heterocycles. The van der Waals surface area contributed by atoms with Crippen LogP contribution in [-0.4, -0.2) is 24.9 Å². The average molecular weight is 420 g/mol. The van der Waals surface area contributed by atoms with E-state index in [1.54, 1.807) is 0 Å². The summed E-state index contributed by atoms with van der Waals surface area (Å²) in [5.41, 5.74) is 4.98. The summed E-state index contributed by atoms with van der Waals surface area (Å²) in [6, 6.07) is 21.4. The van der Waals surface area contributed by atoms with Gasteiger partial charge in [-0.2, -0.15) is 0 Å². The fraction of sp³-hybridized carbons (Fsp3) is 0.200. The molecular formula is C25H26FN3O2. The van der Waals surface area contributed by atoms with Gasteiger partial charge in [-0.25, -0.2) is 4.39 Å². The van der Waals surface area contributed by atoms with Crippen LogP contribution in [-0.2, 0) is 9.59 Å². The molecule has 3 rings (SSSR count). The van der Waals surface area contributed by atoms with E-state index in [4.69, 9.17) is 0 Å². The van der Waals surface area contributed by atoms with E-state index in [1.807, 2.05) is 30.3 Å². The smallest absolute Gasteiger partial charge is 0.243 e. The minimum Gasteiger partial charge on any atom is -0.346 e. The second kappa shape index (κ2) is 10.5. The number of amides is 2. The van der Waals surface area contributed by atoms with Crippen molar-refractivity contribution in [2.45, 2.75) is 19.9 Å². The molecule has 3 aromatic rings. The molecule has 0 aromatic heterocycles. The number of halogens is 1. The molecule has 2 amide bonds. The number of benzene rings is 3. The van der Waals surface area contributed by atoms with E-state index in [1.165, 1.54) is 35.4 Å². The summed E-state index contributed by atoms with van der Waals surface area (Å²) < 4.78 is 12.9.